The molecule has 0 aliphatic carbocycles. The molecule has 0 spiro atoms. The van der Waals surface area contributed by atoms with Gasteiger partial charge in [0.2, 0.25) is 23.6 Å². The van der Waals surface area contributed by atoms with Crippen LogP contribution in [0.1, 0.15) is 5.56 Å². The van der Waals surface area contributed by atoms with E-state index in [1.807, 2.05) is 0 Å². The van der Waals surface area contributed by atoms with Crippen LogP contribution in [0.3, 0.4) is 0 Å². The monoisotopic (exact) mass is 443 g/mol. The molecule has 3 atom stereocenters. The standard InChI is InChI=1S/C17H25N5O5S2/c18-11(5-9-1-3-10(23)4-2-9)16(26)22-13(8-29)17(27)20-6-14(24)21-12(7-28)15(19)25/h1-4,11-13,23,28-29H,5-8,18H2,(H2,19,25)(H,20,27)(H,21,24)(H,22,26)/t11-,12-,13-/m0/s1. The molecule has 0 bridgehead atoms. The van der Waals surface area contributed by atoms with E-state index in [0.29, 0.717) is 0 Å². The number of rotatable bonds is 11. The van der Waals surface area contributed by atoms with E-state index in [2.05, 4.69) is 41.2 Å². The fourth-order valence-electron chi connectivity index (χ4n) is 2.19. The van der Waals surface area contributed by atoms with E-state index < -0.39 is 48.3 Å². The number of primary amides is 1. The quantitative estimate of drug-likeness (QED) is 0.178. The topological polar surface area (TPSA) is 177 Å². The highest BCUT2D eigenvalue weighted by Crippen LogP contribution is 2.11. The van der Waals surface area contributed by atoms with E-state index in [1.54, 1.807) is 12.1 Å². The van der Waals surface area contributed by atoms with E-state index in [0.717, 1.165) is 5.56 Å². The number of amides is 4. The fraction of sp³-hybridized carbons (Fsp3) is 0.412. The van der Waals surface area contributed by atoms with Gasteiger partial charge >= 0.3 is 0 Å². The van der Waals surface area contributed by atoms with Gasteiger partial charge in [-0.3, -0.25) is 19.2 Å². The van der Waals surface area contributed by atoms with Crippen molar-refractivity contribution in [3.05, 3.63) is 29.8 Å². The molecule has 0 unspecified atom stereocenters. The van der Waals surface area contributed by atoms with Crippen LogP contribution in [-0.4, -0.2) is 64.9 Å². The predicted molar refractivity (Wildman–Crippen MR) is 114 cm³/mol. The first-order chi connectivity index (χ1) is 13.7. The molecule has 0 heterocycles. The zero-order valence-corrected chi connectivity index (χ0v) is 17.3. The van der Waals surface area contributed by atoms with Crippen LogP contribution >= 0.6 is 25.3 Å². The Hall–Kier alpha value is -2.44. The summed E-state index contributed by atoms with van der Waals surface area (Å²) in [4.78, 5) is 47.3. The van der Waals surface area contributed by atoms with Crippen LogP contribution in [0.4, 0.5) is 0 Å². The maximum atomic E-state index is 12.2. The second-order valence-electron chi connectivity index (χ2n) is 6.14. The number of benzene rings is 1. The molecule has 1 rings (SSSR count). The van der Waals surface area contributed by atoms with Crippen molar-refractivity contribution in [2.45, 2.75) is 24.5 Å². The maximum Gasteiger partial charge on any atom is 0.243 e. The smallest absolute Gasteiger partial charge is 0.243 e. The molecule has 1 aromatic carbocycles. The Morgan fingerprint density at radius 2 is 1.55 bits per heavy atom. The van der Waals surface area contributed by atoms with Crippen molar-refractivity contribution in [1.29, 1.82) is 0 Å². The van der Waals surface area contributed by atoms with E-state index in [9.17, 15) is 24.3 Å². The van der Waals surface area contributed by atoms with Crippen LogP contribution in [0.25, 0.3) is 0 Å². The van der Waals surface area contributed by atoms with Gasteiger partial charge in [0, 0.05) is 11.5 Å². The van der Waals surface area contributed by atoms with Crippen molar-refractivity contribution < 1.29 is 24.3 Å². The summed E-state index contributed by atoms with van der Waals surface area (Å²) in [7, 11) is 0. The average Bonchev–Trinajstić information content (AvgIpc) is 2.69. The van der Waals surface area contributed by atoms with Gasteiger partial charge in [-0.1, -0.05) is 12.1 Å². The second-order valence-corrected chi connectivity index (χ2v) is 6.87. The minimum atomic E-state index is -1.01. The molecule has 29 heavy (non-hydrogen) atoms. The summed E-state index contributed by atoms with van der Waals surface area (Å²) in [6, 6.07) is 3.33. The van der Waals surface area contributed by atoms with Crippen molar-refractivity contribution in [3.63, 3.8) is 0 Å². The largest absolute Gasteiger partial charge is 0.508 e. The molecule has 160 valence electrons. The number of thiol groups is 2. The Morgan fingerprint density at radius 1 is 0.966 bits per heavy atom. The summed E-state index contributed by atoms with van der Waals surface area (Å²) >= 11 is 7.93. The average molecular weight is 444 g/mol. The Balaban J connectivity index is 2.52. The number of nitrogens with two attached hydrogens (primary N) is 2. The Bertz CT molecular complexity index is 731. The number of phenolic OH excluding ortho intramolecular Hbond substituents is 1. The number of carbonyl (C=O) groups excluding carboxylic acids is 4. The number of aromatic hydroxyl groups is 1. The minimum absolute atomic E-state index is 0.0171. The Morgan fingerprint density at radius 3 is 2.07 bits per heavy atom. The fourth-order valence-corrected chi connectivity index (χ4v) is 2.72. The highest BCUT2D eigenvalue weighted by atomic mass is 32.1. The third-order valence-electron chi connectivity index (χ3n) is 3.83. The molecule has 0 aliphatic rings. The van der Waals surface area contributed by atoms with Crippen LogP contribution in [0.2, 0.25) is 0 Å². The van der Waals surface area contributed by atoms with E-state index in [-0.39, 0.29) is 23.7 Å². The summed E-state index contributed by atoms with van der Waals surface area (Å²) in [6.45, 7) is -0.421. The third-order valence-corrected chi connectivity index (χ3v) is 4.56. The van der Waals surface area contributed by atoms with Crippen molar-refractivity contribution in [1.82, 2.24) is 16.0 Å². The van der Waals surface area contributed by atoms with Crippen molar-refractivity contribution in [2.75, 3.05) is 18.1 Å². The van der Waals surface area contributed by atoms with Crippen molar-refractivity contribution in [3.8, 4) is 5.75 Å². The lowest BCUT2D eigenvalue weighted by Crippen LogP contribution is -2.55. The normalized spacial score (nSPS) is 13.6. The molecule has 12 heteroatoms. The van der Waals surface area contributed by atoms with E-state index >= 15 is 0 Å². The number of carbonyl (C=O) groups is 4. The predicted octanol–water partition coefficient (Wildman–Crippen LogP) is -2.31. The molecular weight excluding hydrogens is 418 g/mol. The summed E-state index contributed by atoms with van der Waals surface area (Å²) < 4.78 is 0. The summed E-state index contributed by atoms with van der Waals surface area (Å²) in [5.41, 5.74) is 11.7. The van der Waals surface area contributed by atoms with Crippen molar-refractivity contribution in [2.24, 2.45) is 11.5 Å². The Kier molecular flexibility index (Phi) is 10.3. The van der Waals surface area contributed by atoms with Gasteiger partial charge in [-0.05, 0) is 24.1 Å². The SMILES string of the molecule is NC(=O)[C@H](CS)NC(=O)CNC(=O)[C@H](CS)NC(=O)[C@@H](N)Cc1ccc(O)cc1. The van der Waals surface area contributed by atoms with Crippen LogP contribution in [-0.2, 0) is 25.6 Å². The third kappa shape index (κ3) is 8.62. The molecule has 10 nitrogen and oxygen atoms in total. The molecule has 0 aliphatic heterocycles. The molecule has 1 aromatic rings. The first kappa shape index (κ1) is 24.6. The van der Waals surface area contributed by atoms with Crippen LogP contribution < -0.4 is 27.4 Å². The maximum absolute atomic E-state index is 12.2. The molecule has 0 aromatic heterocycles. The number of phenols is 1. The highest BCUT2D eigenvalue weighted by molar-refractivity contribution is 7.80. The number of hydrogen-bond donors (Lipinski definition) is 8. The molecule has 0 saturated carbocycles. The molecule has 0 saturated heterocycles. The molecule has 0 fully saturated rings. The lowest BCUT2D eigenvalue weighted by molar-refractivity contribution is -0.131. The molecule has 0 radical (unpaired) electrons. The van der Waals surface area contributed by atoms with Gasteiger partial charge in [-0.25, -0.2) is 0 Å². The van der Waals surface area contributed by atoms with Crippen LogP contribution in [0, 0.1) is 0 Å². The van der Waals surface area contributed by atoms with Gasteiger partial charge in [0.1, 0.15) is 17.8 Å². The first-order valence-corrected chi connectivity index (χ1v) is 9.86. The minimum Gasteiger partial charge on any atom is -0.508 e. The van der Waals surface area contributed by atoms with Crippen LogP contribution in [0.5, 0.6) is 5.75 Å². The van der Waals surface area contributed by atoms with Gasteiger partial charge in [0.25, 0.3) is 0 Å². The van der Waals surface area contributed by atoms with Crippen LogP contribution in [0.15, 0.2) is 24.3 Å². The van der Waals surface area contributed by atoms with Gasteiger partial charge in [-0.15, -0.1) is 0 Å². The second kappa shape index (κ2) is 12.2. The zero-order valence-electron chi connectivity index (χ0n) is 15.5. The van der Waals surface area contributed by atoms with E-state index in [4.69, 9.17) is 11.5 Å². The molecule has 4 amide bonds. The molecule has 8 N–H and O–H groups in total. The summed E-state index contributed by atoms with van der Waals surface area (Å²) in [6.07, 6.45) is 0.202. The Labute approximate surface area is 179 Å². The van der Waals surface area contributed by atoms with Crippen molar-refractivity contribution >= 4 is 48.9 Å². The number of hydrogen-bond acceptors (Lipinski definition) is 8. The van der Waals surface area contributed by atoms with E-state index in [1.165, 1.54) is 12.1 Å². The first-order valence-electron chi connectivity index (χ1n) is 8.59. The van der Waals surface area contributed by atoms with Gasteiger partial charge < -0.3 is 32.5 Å². The van der Waals surface area contributed by atoms with Gasteiger partial charge in [-0.2, -0.15) is 25.3 Å². The number of nitrogens with one attached hydrogen (secondary N) is 3. The highest BCUT2D eigenvalue weighted by Gasteiger charge is 2.24. The summed E-state index contributed by atoms with van der Waals surface area (Å²) in [5, 5.41) is 16.4. The van der Waals surface area contributed by atoms with Gasteiger partial charge in [0.05, 0.1) is 12.6 Å². The molecular formula is C17H25N5O5S2. The zero-order chi connectivity index (χ0) is 22.0. The van der Waals surface area contributed by atoms with Gasteiger partial charge in [0.15, 0.2) is 0 Å². The summed E-state index contributed by atoms with van der Waals surface area (Å²) in [5.74, 6) is -2.50. The lowest BCUT2D eigenvalue weighted by Gasteiger charge is -2.19. The lowest BCUT2D eigenvalue weighted by atomic mass is 10.1.